The first-order valence-corrected chi connectivity index (χ1v) is 12.5. The number of nitrogens with zero attached hydrogens (tertiary/aromatic N) is 1. The van der Waals surface area contributed by atoms with Gasteiger partial charge in [-0.1, -0.05) is 24.6 Å². The van der Waals surface area contributed by atoms with Crippen LogP contribution < -0.4 is 15.5 Å². The molecule has 1 heterocycles. The first-order valence-electron chi connectivity index (χ1n) is 12.2. The van der Waals surface area contributed by atoms with E-state index in [0.717, 1.165) is 4.90 Å². The molecule has 11 heteroatoms. The largest absolute Gasteiger partial charge is 0.465 e. The molecule has 0 radical (unpaired) electrons. The number of imide groups is 1. The average molecular weight is 562 g/mol. The summed E-state index contributed by atoms with van der Waals surface area (Å²) >= 11 is 6.21. The number of ether oxygens (including phenoxy) is 2. The van der Waals surface area contributed by atoms with E-state index >= 15 is 0 Å². The molecule has 40 heavy (non-hydrogen) atoms. The maximum atomic E-state index is 13.1. The number of anilines is 3. The number of rotatable bonds is 9. The first kappa shape index (κ1) is 28.1. The SMILES string of the molecule is CCCOC(=O)c1ccc(N2C(=O)C(Cl)=C(Nc3ccc(C(=O)Nc4cccc(C(=O)OC)c4)cc3)C2=O)cc1. The molecule has 3 amide bonds. The van der Waals surface area contributed by atoms with Crippen molar-refractivity contribution in [3.63, 3.8) is 0 Å². The minimum atomic E-state index is -0.722. The molecule has 0 fully saturated rings. The lowest BCUT2D eigenvalue weighted by molar-refractivity contribution is -0.120. The second-order valence-corrected chi connectivity index (χ2v) is 8.92. The van der Waals surface area contributed by atoms with Crippen LogP contribution in [0.25, 0.3) is 0 Å². The van der Waals surface area contributed by atoms with Crippen molar-refractivity contribution < 1.29 is 33.4 Å². The molecule has 0 aromatic heterocycles. The predicted octanol–water partition coefficient (Wildman–Crippen LogP) is 4.73. The molecule has 1 aliphatic heterocycles. The summed E-state index contributed by atoms with van der Waals surface area (Å²) in [7, 11) is 1.27. The third-order valence-corrected chi connectivity index (χ3v) is 6.13. The Kier molecular flexibility index (Phi) is 8.60. The van der Waals surface area contributed by atoms with Crippen LogP contribution in [0.5, 0.6) is 0 Å². The van der Waals surface area contributed by atoms with Gasteiger partial charge in [0.2, 0.25) is 0 Å². The molecule has 3 aromatic rings. The molecule has 204 valence electrons. The number of methoxy groups -OCH3 is 1. The van der Waals surface area contributed by atoms with Crippen molar-refractivity contribution in [1.82, 2.24) is 0 Å². The van der Waals surface area contributed by atoms with Crippen molar-refractivity contribution in [2.45, 2.75) is 13.3 Å². The number of benzene rings is 3. The molecule has 0 unspecified atom stereocenters. The molecule has 0 bridgehead atoms. The first-order chi connectivity index (χ1) is 19.2. The van der Waals surface area contributed by atoms with Crippen LogP contribution in [0.1, 0.15) is 44.4 Å². The molecule has 0 spiro atoms. The van der Waals surface area contributed by atoms with Gasteiger partial charge in [-0.2, -0.15) is 0 Å². The molecular formula is C29H24ClN3O7. The Bertz CT molecular complexity index is 1520. The molecule has 0 aliphatic carbocycles. The number of carbonyl (C=O) groups excluding carboxylic acids is 5. The molecule has 0 atom stereocenters. The van der Waals surface area contributed by atoms with Crippen molar-refractivity contribution >= 4 is 58.3 Å². The van der Waals surface area contributed by atoms with Gasteiger partial charge in [-0.05, 0) is 73.2 Å². The van der Waals surface area contributed by atoms with Crippen LogP contribution in [0.3, 0.4) is 0 Å². The molecule has 3 aromatic carbocycles. The summed E-state index contributed by atoms with van der Waals surface area (Å²) in [6.07, 6.45) is 0.684. The van der Waals surface area contributed by atoms with Gasteiger partial charge in [-0.25, -0.2) is 14.5 Å². The zero-order valence-electron chi connectivity index (χ0n) is 21.5. The van der Waals surface area contributed by atoms with E-state index in [1.165, 1.54) is 49.6 Å². The Morgan fingerprint density at radius 2 is 1.50 bits per heavy atom. The molecule has 0 saturated carbocycles. The van der Waals surface area contributed by atoms with Crippen LogP contribution in [0.15, 0.2) is 83.5 Å². The second-order valence-electron chi connectivity index (χ2n) is 8.55. The van der Waals surface area contributed by atoms with E-state index in [0.29, 0.717) is 28.9 Å². The van der Waals surface area contributed by atoms with Gasteiger partial charge >= 0.3 is 11.9 Å². The van der Waals surface area contributed by atoms with Crippen molar-refractivity contribution in [2.75, 3.05) is 29.3 Å². The van der Waals surface area contributed by atoms with Crippen LogP contribution in [0.2, 0.25) is 0 Å². The summed E-state index contributed by atoms with van der Waals surface area (Å²) in [4.78, 5) is 63.2. The number of esters is 2. The minimum absolute atomic E-state index is 0.130. The summed E-state index contributed by atoms with van der Waals surface area (Å²) in [6, 6.07) is 18.3. The number of nitrogens with one attached hydrogen (secondary N) is 2. The van der Waals surface area contributed by atoms with E-state index in [-0.39, 0.29) is 28.6 Å². The second kappa shape index (κ2) is 12.3. The highest BCUT2D eigenvalue weighted by Gasteiger charge is 2.39. The smallest absolute Gasteiger partial charge is 0.338 e. The van der Waals surface area contributed by atoms with E-state index in [4.69, 9.17) is 21.1 Å². The summed E-state index contributed by atoms with van der Waals surface area (Å²) < 4.78 is 9.78. The highest BCUT2D eigenvalue weighted by Crippen LogP contribution is 2.30. The van der Waals surface area contributed by atoms with Crippen molar-refractivity contribution in [2.24, 2.45) is 0 Å². The summed E-state index contributed by atoms with van der Waals surface area (Å²) in [5, 5.41) is 5.24. The van der Waals surface area contributed by atoms with Gasteiger partial charge in [0, 0.05) is 16.9 Å². The monoisotopic (exact) mass is 561 g/mol. The van der Waals surface area contributed by atoms with Gasteiger partial charge in [-0.3, -0.25) is 14.4 Å². The van der Waals surface area contributed by atoms with Gasteiger partial charge in [0.1, 0.15) is 10.7 Å². The minimum Gasteiger partial charge on any atom is -0.465 e. The van der Waals surface area contributed by atoms with Crippen LogP contribution in [-0.2, 0) is 19.1 Å². The lowest BCUT2D eigenvalue weighted by Crippen LogP contribution is -2.32. The zero-order valence-corrected chi connectivity index (χ0v) is 22.3. The molecule has 2 N–H and O–H groups in total. The number of amides is 3. The van der Waals surface area contributed by atoms with Crippen molar-refractivity contribution in [1.29, 1.82) is 0 Å². The van der Waals surface area contributed by atoms with Gasteiger partial charge in [0.05, 0.1) is 30.5 Å². The van der Waals surface area contributed by atoms with Crippen LogP contribution in [-0.4, -0.2) is 43.4 Å². The quantitative estimate of drug-likeness (QED) is 0.283. The van der Waals surface area contributed by atoms with E-state index in [2.05, 4.69) is 10.6 Å². The van der Waals surface area contributed by atoms with Gasteiger partial charge < -0.3 is 20.1 Å². The van der Waals surface area contributed by atoms with Gasteiger partial charge in [0.15, 0.2) is 0 Å². The Balaban J connectivity index is 1.43. The normalized spacial score (nSPS) is 12.8. The lowest BCUT2D eigenvalue weighted by atomic mass is 10.1. The molecule has 4 rings (SSSR count). The fourth-order valence-electron chi connectivity index (χ4n) is 3.76. The average Bonchev–Trinajstić information content (AvgIpc) is 3.18. The standard InChI is InChI=1S/C29H24ClN3O7/c1-3-15-40-29(38)18-9-13-22(14-10-18)33-26(35)23(30)24(27(33)36)31-20-11-7-17(8-12-20)25(34)32-21-6-4-5-19(16-21)28(37)39-2/h4-14,16,31H,3,15H2,1-2H3,(H,32,34). The number of halogens is 1. The lowest BCUT2D eigenvalue weighted by Gasteiger charge is -2.15. The summed E-state index contributed by atoms with van der Waals surface area (Å²) in [6.45, 7) is 2.17. The number of hydrogen-bond acceptors (Lipinski definition) is 8. The number of carbonyl (C=O) groups is 5. The van der Waals surface area contributed by atoms with Crippen molar-refractivity contribution in [3.8, 4) is 0 Å². The Labute approximate surface area is 234 Å². The van der Waals surface area contributed by atoms with Crippen LogP contribution in [0, 0.1) is 0 Å². The van der Waals surface area contributed by atoms with Crippen LogP contribution >= 0.6 is 11.6 Å². The summed E-state index contributed by atoms with van der Waals surface area (Å²) in [5.41, 5.74) is 1.81. The fraction of sp³-hybridized carbons (Fsp3) is 0.138. The van der Waals surface area contributed by atoms with Gasteiger partial charge in [0.25, 0.3) is 17.7 Å². The molecule has 0 saturated heterocycles. The maximum Gasteiger partial charge on any atom is 0.338 e. The van der Waals surface area contributed by atoms with E-state index in [1.807, 2.05) is 6.92 Å². The Hall–Kier alpha value is -4.96. The van der Waals surface area contributed by atoms with E-state index in [9.17, 15) is 24.0 Å². The topological polar surface area (TPSA) is 131 Å². The highest BCUT2D eigenvalue weighted by atomic mass is 35.5. The van der Waals surface area contributed by atoms with E-state index < -0.39 is 29.7 Å². The van der Waals surface area contributed by atoms with Gasteiger partial charge in [-0.15, -0.1) is 0 Å². The molecule has 1 aliphatic rings. The van der Waals surface area contributed by atoms with Crippen LogP contribution in [0.4, 0.5) is 17.1 Å². The number of hydrogen-bond donors (Lipinski definition) is 2. The summed E-state index contributed by atoms with van der Waals surface area (Å²) in [5.74, 6) is -2.85. The Morgan fingerprint density at radius 3 is 2.15 bits per heavy atom. The third kappa shape index (κ3) is 6.02. The molecular weight excluding hydrogens is 538 g/mol. The maximum absolute atomic E-state index is 13.1. The highest BCUT2D eigenvalue weighted by molar-refractivity contribution is 6.53. The van der Waals surface area contributed by atoms with Crippen molar-refractivity contribution in [3.05, 3.63) is 100 Å². The zero-order chi connectivity index (χ0) is 28.8. The predicted molar refractivity (Wildman–Crippen MR) is 148 cm³/mol. The fourth-order valence-corrected chi connectivity index (χ4v) is 3.98. The third-order valence-electron chi connectivity index (χ3n) is 5.78. The molecule has 10 nitrogen and oxygen atoms in total. The van der Waals surface area contributed by atoms with E-state index in [1.54, 1.807) is 30.3 Å². The Morgan fingerprint density at radius 1 is 0.825 bits per heavy atom.